The summed E-state index contributed by atoms with van der Waals surface area (Å²) >= 11 is 2.19. The van der Waals surface area contributed by atoms with Crippen molar-refractivity contribution in [2.45, 2.75) is 12.8 Å². The van der Waals surface area contributed by atoms with E-state index in [1.54, 1.807) is 24.3 Å². The second-order valence-electron chi connectivity index (χ2n) is 5.01. The van der Waals surface area contributed by atoms with Gasteiger partial charge >= 0.3 is 0 Å². The molecule has 5 nitrogen and oxygen atoms in total. The first-order chi connectivity index (χ1) is 11.5. The highest BCUT2D eigenvalue weighted by molar-refractivity contribution is 14.1. The third-order valence-corrected chi connectivity index (χ3v) is 3.77. The molecule has 0 saturated carbocycles. The summed E-state index contributed by atoms with van der Waals surface area (Å²) in [6.45, 7) is 0. The standard InChI is InChI=1S/C17H15BIN3O2/c18-13-3-1-12(2-4-13)11-20-22-17(24)10-9-16(23)21-15-7-5-14(19)6-8-15/h1-8,11H,9-10H2,(H,21,23)(H,22,24)/b20-11+. The molecule has 2 rings (SSSR count). The summed E-state index contributed by atoms with van der Waals surface area (Å²) in [5.41, 5.74) is 4.58. The van der Waals surface area contributed by atoms with Crippen molar-refractivity contribution in [3.05, 3.63) is 57.7 Å². The van der Waals surface area contributed by atoms with Crippen molar-refractivity contribution in [1.29, 1.82) is 0 Å². The van der Waals surface area contributed by atoms with Gasteiger partial charge in [0.05, 0.1) is 6.21 Å². The zero-order valence-electron chi connectivity index (χ0n) is 12.8. The molecule has 2 radical (unpaired) electrons. The molecule has 0 aromatic heterocycles. The Labute approximate surface area is 155 Å². The van der Waals surface area contributed by atoms with Crippen molar-refractivity contribution in [1.82, 2.24) is 5.43 Å². The molecule has 0 fully saturated rings. The molecule has 24 heavy (non-hydrogen) atoms. The normalized spacial score (nSPS) is 10.5. The van der Waals surface area contributed by atoms with Gasteiger partial charge in [-0.05, 0) is 52.4 Å². The quantitative estimate of drug-likeness (QED) is 0.318. The van der Waals surface area contributed by atoms with Gasteiger partial charge in [-0.1, -0.05) is 29.7 Å². The van der Waals surface area contributed by atoms with Crippen LogP contribution >= 0.6 is 22.6 Å². The second kappa shape index (κ2) is 9.22. The van der Waals surface area contributed by atoms with E-state index in [0.29, 0.717) is 11.2 Å². The molecular weight excluding hydrogens is 416 g/mol. The van der Waals surface area contributed by atoms with E-state index in [0.717, 1.165) is 9.13 Å². The molecule has 0 spiro atoms. The molecule has 0 aliphatic rings. The van der Waals surface area contributed by atoms with Gasteiger partial charge in [0, 0.05) is 22.1 Å². The van der Waals surface area contributed by atoms with E-state index in [4.69, 9.17) is 7.85 Å². The third kappa shape index (κ3) is 6.53. The van der Waals surface area contributed by atoms with Crippen LogP contribution in [0.1, 0.15) is 18.4 Å². The van der Waals surface area contributed by atoms with Crippen LogP contribution in [0.15, 0.2) is 53.6 Å². The van der Waals surface area contributed by atoms with Crippen LogP contribution < -0.4 is 16.2 Å². The van der Waals surface area contributed by atoms with Gasteiger partial charge in [0.1, 0.15) is 7.85 Å². The van der Waals surface area contributed by atoms with E-state index >= 15 is 0 Å². The first-order valence-corrected chi connectivity index (χ1v) is 8.33. The minimum atomic E-state index is -0.320. The Morgan fingerprint density at radius 2 is 1.62 bits per heavy atom. The highest BCUT2D eigenvalue weighted by Gasteiger charge is 2.06. The largest absolute Gasteiger partial charge is 0.326 e. The second-order valence-corrected chi connectivity index (χ2v) is 6.26. The number of hydrogen-bond donors (Lipinski definition) is 2. The van der Waals surface area contributed by atoms with Gasteiger partial charge in [-0.25, -0.2) is 5.43 Å². The topological polar surface area (TPSA) is 70.6 Å². The third-order valence-electron chi connectivity index (χ3n) is 3.05. The number of anilines is 1. The van der Waals surface area contributed by atoms with E-state index in [9.17, 15) is 9.59 Å². The van der Waals surface area contributed by atoms with Crippen LogP contribution in [0.5, 0.6) is 0 Å². The number of hydrogen-bond acceptors (Lipinski definition) is 3. The lowest BCUT2D eigenvalue weighted by Crippen LogP contribution is -2.20. The molecule has 0 saturated heterocycles. The minimum Gasteiger partial charge on any atom is -0.326 e. The fourth-order valence-corrected chi connectivity index (χ4v) is 2.16. The van der Waals surface area contributed by atoms with Crippen molar-refractivity contribution in [2.24, 2.45) is 5.10 Å². The molecule has 0 unspecified atom stereocenters. The number of benzene rings is 2. The predicted octanol–water partition coefficient (Wildman–Crippen LogP) is 1.95. The lowest BCUT2D eigenvalue weighted by Gasteiger charge is -2.04. The zero-order valence-corrected chi connectivity index (χ0v) is 15.0. The number of hydrazone groups is 1. The first kappa shape index (κ1) is 18.2. The summed E-state index contributed by atoms with van der Waals surface area (Å²) in [6, 6.07) is 14.5. The van der Waals surface area contributed by atoms with Crippen LogP contribution in [0, 0.1) is 3.57 Å². The van der Waals surface area contributed by atoms with E-state index in [1.807, 2.05) is 24.3 Å². The average Bonchev–Trinajstić information content (AvgIpc) is 2.57. The fraction of sp³-hybridized carbons (Fsp3) is 0.118. The minimum absolute atomic E-state index is 0.0648. The van der Waals surface area contributed by atoms with E-state index in [-0.39, 0.29) is 24.7 Å². The predicted molar refractivity (Wildman–Crippen MR) is 105 cm³/mol. The molecular formula is C17H15BIN3O2. The summed E-state index contributed by atoms with van der Waals surface area (Å²) in [5, 5.41) is 6.58. The summed E-state index contributed by atoms with van der Waals surface area (Å²) in [5.74, 6) is -0.534. The van der Waals surface area contributed by atoms with Gasteiger partial charge in [0.2, 0.25) is 11.8 Å². The average molecular weight is 431 g/mol. The van der Waals surface area contributed by atoms with Gasteiger partial charge in [0.15, 0.2) is 0 Å². The lowest BCUT2D eigenvalue weighted by atomic mass is 9.96. The molecule has 120 valence electrons. The molecule has 0 bridgehead atoms. The molecule has 2 aromatic rings. The van der Waals surface area contributed by atoms with Crippen molar-refractivity contribution in [3.8, 4) is 0 Å². The Bertz CT molecular complexity index is 731. The van der Waals surface area contributed by atoms with Crippen LogP contribution in [-0.4, -0.2) is 25.9 Å². The fourth-order valence-electron chi connectivity index (χ4n) is 1.80. The maximum absolute atomic E-state index is 11.8. The summed E-state index contributed by atoms with van der Waals surface area (Å²) in [6.07, 6.45) is 1.67. The zero-order chi connectivity index (χ0) is 17.4. The number of carbonyl (C=O) groups is 2. The van der Waals surface area contributed by atoms with Crippen molar-refractivity contribution >= 4 is 59.6 Å². The molecule has 2 amide bonds. The van der Waals surface area contributed by atoms with Crippen LogP contribution in [0.2, 0.25) is 0 Å². The Balaban J connectivity index is 1.71. The number of amides is 2. The Hall–Kier alpha value is -2.16. The molecule has 0 aliphatic heterocycles. The smallest absolute Gasteiger partial charge is 0.240 e. The molecule has 0 atom stereocenters. The maximum Gasteiger partial charge on any atom is 0.240 e. The van der Waals surface area contributed by atoms with E-state index < -0.39 is 0 Å². The molecule has 7 heteroatoms. The van der Waals surface area contributed by atoms with Crippen molar-refractivity contribution in [3.63, 3.8) is 0 Å². The van der Waals surface area contributed by atoms with Crippen LogP contribution in [-0.2, 0) is 9.59 Å². The lowest BCUT2D eigenvalue weighted by molar-refractivity contribution is -0.124. The Kier molecular flexibility index (Phi) is 6.98. The summed E-state index contributed by atoms with van der Waals surface area (Å²) in [7, 11) is 5.58. The van der Waals surface area contributed by atoms with Crippen LogP contribution in [0.3, 0.4) is 0 Å². The van der Waals surface area contributed by atoms with Crippen molar-refractivity contribution < 1.29 is 9.59 Å². The maximum atomic E-state index is 11.8. The number of rotatable bonds is 6. The molecule has 2 aromatic carbocycles. The van der Waals surface area contributed by atoms with Crippen LogP contribution in [0.25, 0.3) is 0 Å². The highest BCUT2D eigenvalue weighted by atomic mass is 127. The van der Waals surface area contributed by atoms with Gasteiger partial charge in [0.25, 0.3) is 0 Å². The number of halogens is 1. The molecule has 0 heterocycles. The van der Waals surface area contributed by atoms with Crippen LogP contribution in [0.4, 0.5) is 5.69 Å². The number of carbonyl (C=O) groups excluding carboxylic acids is 2. The van der Waals surface area contributed by atoms with Gasteiger partial charge in [-0.3, -0.25) is 9.59 Å². The van der Waals surface area contributed by atoms with E-state index in [2.05, 4.69) is 38.4 Å². The highest BCUT2D eigenvalue weighted by Crippen LogP contribution is 2.11. The monoisotopic (exact) mass is 431 g/mol. The van der Waals surface area contributed by atoms with Crippen molar-refractivity contribution in [2.75, 3.05) is 5.32 Å². The summed E-state index contributed by atoms with van der Waals surface area (Å²) in [4.78, 5) is 23.4. The SMILES string of the molecule is [B]c1ccc(/C=N/NC(=O)CCC(=O)Nc2ccc(I)cc2)cc1. The molecule has 2 N–H and O–H groups in total. The Morgan fingerprint density at radius 1 is 1.00 bits per heavy atom. The van der Waals surface area contributed by atoms with Gasteiger partial charge in [-0.15, -0.1) is 0 Å². The Morgan fingerprint density at radius 3 is 2.29 bits per heavy atom. The van der Waals surface area contributed by atoms with Gasteiger partial charge < -0.3 is 5.32 Å². The summed E-state index contributed by atoms with van der Waals surface area (Å²) < 4.78 is 1.09. The molecule has 0 aliphatic carbocycles. The first-order valence-electron chi connectivity index (χ1n) is 7.26. The van der Waals surface area contributed by atoms with E-state index in [1.165, 1.54) is 6.21 Å². The number of nitrogens with zero attached hydrogens (tertiary/aromatic N) is 1. The number of nitrogens with one attached hydrogen (secondary N) is 2. The van der Waals surface area contributed by atoms with Gasteiger partial charge in [-0.2, -0.15) is 5.10 Å².